The third kappa shape index (κ3) is 2.77. The number of H-pyrrole nitrogens is 1. The van der Waals surface area contributed by atoms with Crippen LogP contribution < -0.4 is 0 Å². The molecule has 4 nitrogen and oxygen atoms in total. The largest absolute Gasteiger partial charge is 0.465 e. The first-order valence-electron chi connectivity index (χ1n) is 6.63. The lowest BCUT2D eigenvalue weighted by Gasteiger charge is -2.10. The summed E-state index contributed by atoms with van der Waals surface area (Å²) in [5.41, 5.74) is 0.780. The maximum Gasteiger partial charge on any atom is 0.416 e. The Morgan fingerprint density at radius 1 is 1.17 bits per heavy atom. The van der Waals surface area contributed by atoms with Crippen molar-refractivity contribution in [3.8, 4) is 11.1 Å². The summed E-state index contributed by atoms with van der Waals surface area (Å²) in [4.78, 5) is 11.9. The zero-order valence-electron chi connectivity index (χ0n) is 11.9. The minimum atomic E-state index is -4.43. The fourth-order valence-electron chi connectivity index (χ4n) is 2.37. The van der Waals surface area contributed by atoms with E-state index in [4.69, 9.17) is 4.74 Å². The standard InChI is InChI=1S/C16H11F3N2O2/c1-23-15(22)13-7-10(5-11-8-20-21-14(11)13)9-3-2-4-12(6-9)16(17,18)19/h2-8H,1H3,(H,20,21). The number of rotatable bonds is 2. The van der Waals surface area contributed by atoms with Crippen LogP contribution in [0.3, 0.4) is 0 Å². The normalized spacial score (nSPS) is 11.7. The van der Waals surface area contributed by atoms with Gasteiger partial charge in [0.15, 0.2) is 0 Å². The number of halogens is 3. The summed E-state index contributed by atoms with van der Waals surface area (Å²) in [5, 5.41) is 7.16. The van der Waals surface area contributed by atoms with Gasteiger partial charge in [-0.3, -0.25) is 5.10 Å². The number of benzene rings is 2. The molecule has 0 amide bonds. The highest BCUT2D eigenvalue weighted by Crippen LogP contribution is 2.33. The van der Waals surface area contributed by atoms with Crippen molar-refractivity contribution in [1.82, 2.24) is 10.2 Å². The summed E-state index contributed by atoms with van der Waals surface area (Å²) in [6.07, 6.45) is -2.93. The van der Waals surface area contributed by atoms with Crippen LogP contribution in [0.5, 0.6) is 0 Å². The summed E-state index contributed by atoms with van der Waals surface area (Å²) in [6, 6.07) is 8.08. The molecule has 1 heterocycles. The lowest BCUT2D eigenvalue weighted by molar-refractivity contribution is -0.137. The van der Waals surface area contributed by atoms with E-state index in [0.717, 1.165) is 12.1 Å². The Bertz CT molecular complexity index is 884. The van der Waals surface area contributed by atoms with E-state index in [9.17, 15) is 18.0 Å². The van der Waals surface area contributed by atoms with Gasteiger partial charge in [-0.1, -0.05) is 12.1 Å². The van der Waals surface area contributed by atoms with E-state index < -0.39 is 17.7 Å². The topological polar surface area (TPSA) is 55.0 Å². The van der Waals surface area contributed by atoms with Crippen molar-refractivity contribution in [2.45, 2.75) is 6.18 Å². The third-order valence-corrected chi connectivity index (χ3v) is 3.48. The lowest BCUT2D eigenvalue weighted by atomic mass is 9.99. The van der Waals surface area contributed by atoms with Crippen molar-refractivity contribution in [2.75, 3.05) is 7.11 Å². The quantitative estimate of drug-likeness (QED) is 0.725. The maximum absolute atomic E-state index is 12.9. The first-order chi connectivity index (χ1) is 10.9. The predicted octanol–water partition coefficient (Wildman–Crippen LogP) is 4.04. The second-order valence-electron chi connectivity index (χ2n) is 4.93. The number of alkyl halides is 3. The molecule has 1 N–H and O–H groups in total. The maximum atomic E-state index is 12.9. The molecule has 118 valence electrons. The average molecular weight is 320 g/mol. The Balaban J connectivity index is 2.19. The van der Waals surface area contributed by atoms with Crippen LogP contribution in [0.4, 0.5) is 13.2 Å². The molecule has 0 unspecified atom stereocenters. The van der Waals surface area contributed by atoms with E-state index in [-0.39, 0.29) is 5.56 Å². The highest BCUT2D eigenvalue weighted by Gasteiger charge is 2.30. The van der Waals surface area contributed by atoms with E-state index in [0.29, 0.717) is 22.0 Å². The molecular formula is C16H11F3N2O2. The minimum absolute atomic E-state index is 0.218. The first kappa shape index (κ1) is 15.1. The van der Waals surface area contributed by atoms with E-state index in [1.165, 1.54) is 25.4 Å². The number of fused-ring (bicyclic) bond motifs is 1. The molecular weight excluding hydrogens is 309 g/mol. The van der Waals surface area contributed by atoms with Gasteiger partial charge in [0, 0.05) is 5.39 Å². The number of esters is 1. The van der Waals surface area contributed by atoms with Gasteiger partial charge >= 0.3 is 12.1 Å². The van der Waals surface area contributed by atoms with Crippen molar-refractivity contribution in [3.05, 3.63) is 53.7 Å². The fourth-order valence-corrected chi connectivity index (χ4v) is 2.37. The molecule has 3 aromatic rings. The number of aromatic nitrogens is 2. The van der Waals surface area contributed by atoms with Crippen LogP contribution >= 0.6 is 0 Å². The Morgan fingerprint density at radius 2 is 1.96 bits per heavy atom. The number of aromatic amines is 1. The van der Waals surface area contributed by atoms with Gasteiger partial charge in [-0.15, -0.1) is 0 Å². The lowest BCUT2D eigenvalue weighted by Crippen LogP contribution is -2.05. The fraction of sp³-hybridized carbons (Fsp3) is 0.125. The molecule has 23 heavy (non-hydrogen) atoms. The molecule has 0 radical (unpaired) electrons. The summed E-state index contributed by atoms with van der Waals surface area (Å²) >= 11 is 0. The van der Waals surface area contributed by atoms with Gasteiger partial charge in [0.1, 0.15) is 0 Å². The van der Waals surface area contributed by atoms with Crippen LogP contribution in [0.25, 0.3) is 22.0 Å². The van der Waals surface area contributed by atoms with Crippen molar-refractivity contribution >= 4 is 16.9 Å². The van der Waals surface area contributed by atoms with Crippen molar-refractivity contribution in [2.24, 2.45) is 0 Å². The van der Waals surface area contributed by atoms with Gasteiger partial charge in [-0.25, -0.2) is 4.79 Å². The van der Waals surface area contributed by atoms with E-state index in [2.05, 4.69) is 10.2 Å². The van der Waals surface area contributed by atoms with E-state index in [1.807, 2.05) is 0 Å². The van der Waals surface area contributed by atoms with Crippen molar-refractivity contribution in [1.29, 1.82) is 0 Å². The van der Waals surface area contributed by atoms with Crippen LogP contribution in [0.2, 0.25) is 0 Å². The molecule has 2 aromatic carbocycles. The third-order valence-electron chi connectivity index (χ3n) is 3.48. The number of ether oxygens (including phenoxy) is 1. The number of hydrogen-bond acceptors (Lipinski definition) is 3. The van der Waals surface area contributed by atoms with Gasteiger partial charge in [0.25, 0.3) is 0 Å². The molecule has 0 aliphatic rings. The summed E-state index contributed by atoms with van der Waals surface area (Å²) in [7, 11) is 1.24. The summed E-state index contributed by atoms with van der Waals surface area (Å²) in [5.74, 6) is -0.590. The molecule has 0 saturated carbocycles. The molecule has 0 aliphatic carbocycles. The molecule has 1 aromatic heterocycles. The Hall–Kier alpha value is -2.83. The average Bonchev–Trinajstić information content (AvgIpc) is 3.01. The highest BCUT2D eigenvalue weighted by molar-refractivity contribution is 6.04. The van der Waals surface area contributed by atoms with Crippen LogP contribution in [0.1, 0.15) is 15.9 Å². The second-order valence-corrected chi connectivity index (χ2v) is 4.93. The summed E-state index contributed by atoms with van der Waals surface area (Å²) in [6.45, 7) is 0. The van der Waals surface area contributed by atoms with E-state index >= 15 is 0 Å². The number of carbonyl (C=O) groups is 1. The number of carbonyl (C=O) groups excluding carboxylic acids is 1. The number of hydrogen-bond donors (Lipinski definition) is 1. The molecule has 3 rings (SSSR count). The Labute approximate surface area is 128 Å². The monoisotopic (exact) mass is 320 g/mol. The molecule has 0 aliphatic heterocycles. The van der Waals surface area contributed by atoms with Gasteiger partial charge in [0.05, 0.1) is 30.0 Å². The van der Waals surface area contributed by atoms with E-state index in [1.54, 1.807) is 12.1 Å². The highest BCUT2D eigenvalue weighted by atomic mass is 19.4. The number of nitrogens with zero attached hydrogens (tertiary/aromatic N) is 1. The number of methoxy groups -OCH3 is 1. The van der Waals surface area contributed by atoms with Crippen molar-refractivity contribution in [3.63, 3.8) is 0 Å². The van der Waals surface area contributed by atoms with Gasteiger partial charge < -0.3 is 4.74 Å². The smallest absolute Gasteiger partial charge is 0.416 e. The molecule has 0 bridgehead atoms. The van der Waals surface area contributed by atoms with Gasteiger partial charge in [-0.05, 0) is 35.4 Å². The zero-order valence-corrected chi connectivity index (χ0v) is 11.9. The number of nitrogens with one attached hydrogen (secondary N) is 1. The second kappa shape index (κ2) is 5.42. The minimum Gasteiger partial charge on any atom is -0.465 e. The van der Waals surface area contributed by atoms with Crippen molar-refractivity contribution < 1.29 is 22.7 Å². The SMILES string of the molecule is COC(=O)c1cc(-c2cccc(C(F)(F)F)c2)cc2cn[nH]c12. The molecule has 0 spiro atoms. The molecule has 7 heteroatoms. The molecule has 0 fully saturated rings. The van der Waals surface area contributed by atoms with Crippen LogP contribution in [0.15, 0.2) is 42.6 Å². The van der Waals surface area contributed by atoms with Crippen LogP contribution in [0, 0.1) is 0 Å². The predicted molar refractivity (Wildman–Crippen MR) is 77.9 cm³/mol. The summed E-state index contributed by atoms with van der Waals surface area (Å²) < 4.78 is 43.3. The molecule has 0 atom stereocenters. The van der Waals surface area contributed by atoms with Gasteiger partial charge in [-0.2, -0.15) is 18.3 Å². The van der Waals surface area contributed by atoms with Crippen LogP contribution in [-0.4, -0.2) is 23.3 Å². The molecule has 0 saturated heterocycles. The van der Waals surface area contributed by atoms with Crippen LogP contribution in [-0.2, 0) is 10.9 Å². The first-order valence-corrected chi connectivity index (χ1v) is 6.63. The Morgan fingerprint density at radius 3 is 2.65 bits per heavy atom. The zero-order chi connectivity index (χ0) is 16.6. The van der Waals surface area contributed by atoms with Gasteiger partial charge in [0.2, 0.25) is 0 Å². The Kier molecular flexibility index (Phi) is 3.55.